The van der Waals surface area contributed by atoms with Gasteiger partial charge < -0.3 is 9.67 Å². The summed E-state index contributed by atoms with van der Waals surface area (Å²) in [6.07, 6.45) is -3.64. The first-order valence-electron chi connectivity index (χ1n) is 7.58. The Morgan fingerprint density at radius 1 is 1.08 bits per heavy atom. The van der Waals surface area contributed by atoms with Crippen molar-refractivity contribution in [1.29, 1.82) is 0 Å². The second kappa shape index (κ2) is 6.53. The number of hydrogen-bond donors (Lipinski definition) is 1. The van der Waals surface area contributed by atoms with Crippen LogP contribution in [-0.4, -0.2) is 15.6 Å². The normalized spacial score (nSPS) is 11.6. The molecule has 7 heteroatoms. The summed E-state index contributed by atoms with van der Waals surface area (Å²) in [4.78, 5) is 11.7. The molecule has 3 aromatic rings. The molecule has 2 aromatic carbocycles. The van der Waals surface area contributed by atoms with Gasteiger partial charge in [0, 0.05) is 22.5 Å². The van der Waals surface area contributed by atoms with Crippen LogP contribution in [0.5, 0.6) is 0 Å². The van der Waals surface area contributed by atoms with Crippen LogP contribution in [0.25, 0.3) is 16.8 Å². The van der Waals surface area contributed by atoms with Crippen LogP contribution in [0.15, 0.2) is 54.7 Å². The van der Waals surface area contributed by atoms with Gasteiger partial charge in [-0.2, -0.15) is 13.2 Å². The molecule has 26 heavy (non-hydrogen) atoms. The smallest absolute Gasteiger partial charge is 0.432 e. The molecule has 0 aliphatic heterocycles. The summed E-state index contributed by atoms with van der Waals surface area (Å²) in [5.41, 5.74) is -0.836. The first-order valence-corrected chi connectivity index (χ1v) is 7.95. The van der Waals surface area contributed by atoms with Crippen LogP contribution in [0.3, 0.4) is 0 Å². The number of alkyl halides is 3. The molecule has 0 fully saturated rings. The SMILES string of the molecule is Cc1ccccc1-n1cc(-c2ccc(Cl)cc2)c(C(=O)O)c1C(F)(F)F. The molecule has 1 heterocycles. The molecule has 1 aromatic heterocycles. The standard InChI is InChI=1S/C19H13ClF3NO2/c1-11-4-2-3-5-15(11)24-10-14(12-6-8-13(20)9-7-12)16(18(25)26)17(24)19(21,22)23/h2-10H,1H3,(H,25,26). The number of carboxylic acids is 1. The highest BCUT2D eigenvalue weighted by atomic mass is 35.5. The van der Waals surface area contributed by atoms with Crippen molar-refractivity contribution in [3.05, 3.63) is 76.6 Å². The highest BCUT2D eigenvalue weighted by Crippen LogP contribution is 2.40. The maximum absolute atomic E-state index is 13.8. The molecule has 3 rings (SSSR count). The van der Waals surface area contributed by atoms with Gasteiger partial charge in [0.2, 0.25) is 0 Å². The topological polar surface area (TPSA) is 42.2 Å². The Morgan fingerprint density at radius 3 is 2.23 bits per heavy atom. The van der Waals surface area contributed by atoms with E-state index in [0.717, 1.165) is 4.57 Å². The van der Waals surface area contributed by atoms with E-state index in [-0.39, 0.29) is 11.3 Å². The van der Waals surface area contributed by atoms with Gasteiger partial charge in [0.05, 0.1) is 5.56 Å². The lowest BCUT2D eigenvalue weighted by atomic mass is 10.0. The summed E-state index contributed by atoms with van der Waals surface area (Å²) < 4.78 is 42.2. The summed E-state index contributed by atoms with van der Waals surface area (Å²) in [6.45, 7) is 1.66. The van der Waals surface area contributed by atoms with E-state index in [1.807, 2.05) is 0 Å². The fourth-order valence-corrected chi connectivity index (χ4v) is 3.00. The van der Waals surface area contributed by atoms with Crippen LogP contribution in [0, 0.1) is 6.92 Å². The fourth-order valence-electron chi connectivity index (χ4n) is 2.87. The van der Waals surface area contributed by atoms with Gasteiger partial charge in [0.15, 0.2) is 0 Å². The second-order valence-corrected chi connectivity index (χ2v) is 6.17. The van der Waals surface area contributed by atoms with Crippen molar-refractivity contribution < 1.29 is 23.1 Å². The number of carbonyl (C=O) groups is 1. The van der Waals surface area contributed by atoms with Crippen molar-refractivity contribution in [3.63, 3.8) is 0 Å². The molecule has 1 N–H and O–H groups in total. The highest BCUT2D eigenvalue weighted by Gasteiger charge is 2.41. The number of para-hydroxylation sites is 1. The van der Waals surface area contributed by atoms with Crippen molar-refractivity contribution in [2.45, 2.75) is 13.1 Å². The predicted molar refractivity (Wildman–Crippen MR) is 92.9 cm³/mol. The minimum absolute atomic E-state index is 0.0234. The lowest BCUT2D eigenvalue weighted by molar-refractivity contribution is -0.142. The van der Waals surface area contributed by atoms with Gasteiger partial charge in [0.1, 0.15) is 5.69 Å². The van der Waals surface area contributed by atoms with E-state index in [4.69, 9.17) is 11.6 Å². The van der Waals surface area contributed by atoms with E-state index in [1.54, 1.807) is 25.1 Å². The van der Waals surface area contributed by atoms with E-state index in [2.05, 4.69) is 0 Å². The molecule has 0 spiro atoms. The average Bonchev–Trinajstić information content (AvgIpc) is 2.97. The molecule has 0 aliphatic rings. The van der Waals surface area contributed by atoms with Crippen LogP contribution >= 0.6 is 11.6 Å². The third-order valence-electron chi connectivity index (χ3n) is 4.02. The van der Waals surface area contributed by atoms with Gasteiger partial charge in [-0.05, 0) is 36.2 Å². The molecule has 0 bridgehead atoms. The van der Waals surface area contributed by atoms with E-state index >= 15 is 0 Å². The number of halogens is 4. The van der Waals surface area contributed by atoms with Crippen LogP contribution in [0.4, 0.5) is 13.2 Å². The molecule has 0 saturated carbocycles. The van der Waals surface area contributed by atoms with Crippen molar-refractivity contribution in [2.24, 2.45) is 0 Å². The van der Waals surface area contributed by atoms with Crippen molar-refractivity contribution in [3.8, 4) is 16.8 Å². The number of aromatic carboxylic acids is 1. The lowest BCUT2D eigenvalue weighted by Crippen LogP contribution is -2.17. The fraction of sp³-hybridized carbons (Fsp3) is 0.105. The molecule has 0 amide bonds. The molecule has 0 unspecified atom stereocenters. The number of nitrogens with zero attached hydrogens (tertiary/aromatic N) is 1. The van der Waals surface area contributed by atoms with Crippen LogP contribution in [0.1, 0.15) is 21.6 Å². The maximum atomic E-state index is 13.8. The second-order valence-electron chi connectivity index (χ2n) is 5.73. The average molecular weight is 380 g/mol. The van der Waals surface area contributed by atoms with E-state index in [1.165, 1.54) is 36.5 Å². The van der Waals surface area contributed by atoms with Gasteiger partial charge >= 0.3 is 12.1 Å². The molecule has 0 saturated heterocycles. The first kappa shape index (κ1) is 18.1. The Kier molecular flexibility index (Phi) is 4.54. The number of rotatable bonds is 3. The summed E-state index contributed by atoms with van der Waals surface area (Å²) >= 11 is 5.83. The van der Waals surface area contributed by atoms with Crippen LogP contribution in [0.2, 0.25) is 5.02 Å². The maximum Gasteiger partial charge on any atom is 0.432 e. The Morgan fingerprint density at radius 2 is 1.69 bits per heavy atom. The van der Waals surface area contributed by atoms with Crippen molar-refractivity contribution in [1.82, 2.24) is 4.57 Å². The molecule has 0 atom stereocenters. The first-order chi connectivity index (χ1) is 12.2. The lowest BCUT2D eigenvalue weighted by Gasteiger charge is -2.14. The number of benzene rings is 2. The Hall–Kier alpha value is -2.73. The predicted octanol–water partition coefficient (Wildman–Crippen LogP) is 5.82. The largest absolute Gasteiger partial charge is 0.478 e. The molecular weight excluding hydrogens is 367 g/mol. The summed E-state index contributed by atoms with van der Waals surface area (Å²) in [5.74, 6) is -1.64. The number of carboxylic acid groups (broad SMARTS) is 1. The van der Waals surface area contributed by atoms with Crippen LogP contribution in [-0.2, 0) is 6.18 Å². The Balaban J connectivity index is 2.38. The van der Waals surface area contributed by atoms with Gasteiger partial charge in [-0.1, -0.05) is 41.9 Å². The van der Waals surface area contributed by atoms with Gasteiger partial charge in [-0.15, -0.1) is 0 Å². The van der Waals surface area contributed by atoms with Gasteiger partial charge in [0.25, 0.3) is 0 Å². The highest BCUT2D eigenvalue weighted by molar-refractivity contribution is 6.30. The zero-order valence-electron chi connectivity index (χ0n) is 13.5. The Bertz CT molecular complexity index is 975. The molecule has 3 nitrogen and oxygen atoms in total. The van der Waals surface area contributed by atoms with E-state index < -0.39 is 23.4 Å². The van der Waals surface area contributed by atoms with E-state index in [9.17, 15) is 23.1 Å². The monoisotopic (exact) mass is 379 g/mol. The van der Waals surface area contributed by atoms with Crippen molar-refractivity contribution in [2.75, 3.05) is 0 Å². The summed E-state index contributed by atoms with van der Waals surface area (Å²) in [7, 11) is 0. The quantitative estimate of drug-likeness (QED) is 0.622. The minimum atomic E-state index is -4.85. The number of aryl methyl sites for hydroxylation is 1. The van der Waals surface area contributed by atoms with Crippen LogP contribution < -0.4 is 0 Å². The molecule has 0 aliphatic carbocycles. The third-order valence-corrected chi connectivity index (χ3v) is 4.27. The zero-order valence-corrected chi connectivity index (χ0v) is 14.3. The number of hydrogen-bond acceptors (Lipinski definition) is 1. The summed E-state index contributed by atoms with van der Waals surface area (Å²) in [5, 5.41) is 9.92. The Labute approximate surface area is 152 Å². The molecule has 0 radical (unpaired) electrons. The third kappa shape index (κ3) is 3.20. The number of aromatic nitrogens is 1. The van der Waals surface area contributed by atoms with Gasteiger partial charge in [-0.25, -0.2) is 4.79 Å². The zero-order chi connectivity index (χ0) is 19.1. The van der Waals surface area contributed by atoms with Gasteiger partial charge in [-0.3, -0.25) is 0 Å². The van der Waals surface area contributed by atoms with E-state index in [0.29, 0.717) is 16.1 Å². The minimum Gasteiger partial charge on any atom is -0.478 e. The summed E-state index contributed by atoms with van der Waals surface area (Å²) in [6, 6.07) is 12.5. The van der Waals surface area contributed by atoms with Crippen molar-refractivity contribution >= 4 is 17.6 Å². The molecule has 134 valence electrons. The molecular formula is C19H13ClF3NO2.